The number of para-hydroxylation sites is 2. The topological polar surface area (TPSA) is 168 Å². The van der Waals surface area contributed by atoms with Crippen LogP contribution in [0.15, 0.2) is 93.9 Å². The molecule has 0 saturated carbocycles. The first-order valence-electron chi connectivity index (χ1n) is 11.5. The summed E-state index contributed by atoms with van der Waals surface area (Å²) in [7, 11) is 0. The van der Waals surface area contributed by atoms with E-state index < -0.39 is 0 Å². The molecule has 0 atom stereocenters. The molecule has 2 heterocycles. The minimum absolute atomic E-state index is 0.0520. The molecule has 0 spiro atoms. The van der Waals surface area contributed by atoms with Crippen LogP contribution < -0.4 is 9.47 Å². The average Bonchev–Trinajstić information content (AvgIpc) is 3.69. The Labute approximate surface area is 243 Å². The molecule has 0 saturated heterocycles. The van der Waals surface area contributed by atoms with Gasteiger partial charge in [-0.3, -0.25) is 0 Å². The molecule has 0 radical (unpaired) electrons. The predicted molar refractivity (Wildman–Crippen MR) is 151 cm³/mol. The van der Waals surface area contributed by atoms with Gasteiger partial charge in [-0.25, -0.2) is 0 Å². The zero-order valence-corrected chi connectivity index (χ0v) is 23.4. The highest BCUT2D eigenvalue weighted by atomic mass is 79.9. The number of phenols is 2. The minimum atomic E-state index is 0.0520. The normalized spacial score (nSPS) is 10.4. The van der Waals surface area contributed by atoms with Crippen LogP contribution in [0.25, 0.3) is 22.8 Å². The summed E-state index contributed by atoms with van der Waals surface area (Å²) in [6.45, 7) is 0. The van der Waals surface area contributed by atoms with E-state index in [0.29, 0.717) is 45.8 Å². The van der Waals surface area contributed by atoms with E-state index >= 15 is 0 Å². The number of aromatic nitrogens is 8. The smallest absolute Gasteiger partial charge is 0.208 e. The van der Waals surface area contributed by atoms with Crippen LogP contribution in [0.5, 0.6) is 34.5 Å². The highest BCUT2D eigenvalue weighted by Crippen LogP contribution is 2.38. The Morgan fingerprint density at radius 1 is 0.550 bits per heavy atom. The molecule has 0 aliphatic carbocycles. The summed E-state index contributed by atoms with van der Waals surface area (Å²) in [4.78, 5) is 0. The van der Waals surface area contributed by atoms with E-state index in [9.17, 15) is 10.2 Å². The van der Waals surface area contributed by atoms with Gasteiger partial charge in [0.1, 0.15) is 11.5 Å². The van der Waals surface area contributed by atoms with Gasteiger partial charge >= 0.3 is 0 Å². The predicted octanol–water partition coefficient (Wildman–Crippen LogP) is 6.25. The maximum Gasteiger partial charge on any atom is 0.208 e. The summed E-state index contributed by atoms with van der Waals surface area (Å²) in [6.07, 6.45) is 0. The maximum absolute atomic E-state index is 9.82. The summed E-state index contributed by atoms with van der Waals surface area (Å²) >= 11 is 6.67. The average molecular weight is 666 g/mol. The van der Waals surface area contributed by atoms with Gasteiger partial charge in [-0.1, -0.05) is 56.1 Å². The van der Waals surface area contributed by atoms with Crippen molar-refractivity contribution >= 4 is 31.9 Å². The lowest BCUT2D eigenvalue weighted by Crippen LogP contribution is -1.90. The number of hydrogen-bond acceptors (Lipinski definition) is 10. The molecule has 6 rings (SSSR count). The zero-order valence-electron chi connectivity index (χ0n) is 20.2. The molecule has 40 heavy (non-hydrogen) atoms. The fraction of sp³-hybridized carbons (Fsp3) is 0. The molecule has 4 aromatic carbocycles. The summed E-state index contributed by atoms with van der Waals surface area (Å²) < 4.78 is 13.1. The highest BCUT2D eigenvalue weighted by Gasteiger charge is 2.14. The van der Waals surface area contributed by atoms with Crippen LogP contribution in [-0.2, 0) is 0 Å². The number of aromatic hydroxyl groups is 2. The summed E-state index contributed by atoms with van der Waals surface area (Å²) in [5.74, 6) is 2.70. The van der Waals surface area contributed by atoms with Gasteiger partial charge in [0, 0.05) is 8.95 Å². The van der Waals surface area contributed by atoms with E-state index in [1.165, 1.54) is 0 Å². The second kappa shape index (κ2) is 12.4. The molecule has 0 unspecified atom stereocenters. The number of halogens is 2. The molecule has 14 heteroatoms. The number of tetrazole rings is 2. The molecule has 0 bridgehead atoms. The summed E-state index contributed by atoms with van der Waals surface area (Å²) in [5, 5.41) is 47.2. The SMILES string of the molecule is Oc1ccc(Br)cc1Oc1ccccc1-c1nn[nH]n1.Oc1ccc(Br)cc1Oc1ccccc1-c1nn[nH]n1. The van der Waals surface area contributed by atoms with Gasteiger partial charge in [-0.15, -0.1) is 20.4 Å². The van der Waals surface area contributed by atoms with Gasteiger partial charge in [-0.05, 0) is 71.1 Å². The maximum atomic E-state index is 9.82. The molecular weight excluding hydrogens is 648 g/mol. The van der Waals surface area contributed by atoms with Gasteiger partial charge in [0.05, 0.1) is 11.1 Å². The van der Waals surface area contributed by atoms with E-state index in [1.807, 2.05) is 36.4 Å². The molecule has 6 aromatic rings. The van der Waals surface area contributed by atoms with Crippen LogP contribution >= 0.6 is 31.9 Å². The molecule has 0 aliphatic heterocycles. The van der Waals surface area contributed by atoms with Crippen LogP contribution in [0.3, 0.4) is 0 Å². The molecule has 4 N–H and O–H groups in total. The molecule has 0 fully saturated rings. The van der Waals surface area contributed by atoms with Crippen LogP contribution in [-0.4, -0.2) is 51.5 Å². The first-order valence-corrected chi connectivity index (χ1v) is 13.0. The van der Waals surface area contributed by atoms with Crippen molar-refractivity contribution in [2.75, 3.05) is 0 Å². The first-order chi connectivity index (χ1) is 19.5. The van der Waals surface area contributed by atoms with Crippen LogP contribution in [0.2, 0.25) is 0 Å². The number of rotatable bonds is 6. The number of benzene rings is 4. The van der Waals surface area contributed by atoms with Crippen molar-refractivity contribution < 1.29 is 19.7 Å². The lowest BCUT2D eigenvalue weighted by Gasteiger charge is -2.10. The van der Waals surface area contributed by atoms with E-state index in [1.54, 1.807) is 48.5 Å². The quantitative estimate of drug-likeness (QED) is 0.159. The Morgan fingerprint density at radius 3 is 1.38 bits per heavy atom. The first kappa shape index (κ1) is 26.8. The lowest BCUT2D eigenvalue weighted by atomic mass is 10.2. The van der Waals surface area contributed by atoms with Crippen molar-refractivity contribution in [2.24, 2.45) is 0 Å². The molecule has 0 amide bonds. The molecule has 12 nitrogen and oxygen atoms in total. The fourth-order valence-electron chi connectivity index (χ4n) is 3.41. The number of phenolic OH excluding ortho intramolecular Hbond substituents is 2. The van der Waals surface area contributed by atoms with Gasteiger partial charge < -0.3 is 19.7 Å². The molecular formula is C26H18Br2N8O4. The van der Waals surface area contributed by atoms with Crippen LogP contribution in [0, 0.1) is 0 Å². The highest BCUT2D eigenvalue weighted by molar-refractivity contribution is 9.10. The third-order valence-corrected chi connectivity index (χ3v) is 6.22. The van der Waals surface area contributed by atoms with Gasteiger partial charge in [-0.2, -0.15) is 10.4 Å². The third kappa shape index (κ3) is 6.42. The van der Waals surface area contributed by atoms with E-state index in [0.717, 1.165) is 8.95 Å². The lowest BCUT2D eigenvalue weighted by molar-refractivity contribution is 0.411. The Morgan fingerprint density at radius 2 is 0.975 bits per heavy atom. The number of aromatic amines is 2. The van der Waals surface area contributed by atoms with Gasteiger partial charge in [0.25, 0.3) is 0 Å². The second-order valence-electron chi connectivity index (χ2n) is 7.89. The fourth-order valence-corrected chi connectivity index (χ4v) is 4.09. The van der Waals surface area contributed by atoms with Crippen molar-refractivity contribution in [3.63, 3.8) is 0 Å². The number of nitrogens with zero attached hydrogens (tertiary/aromatic N) is 6. The largest absolute Gasteiger partial charge is 0.504 e. The molecule has 200 valence electrons. The van der Waals surface area contributed by atoms with Crippen molar-refractivity contribution in [1.29, 1.82) is 0 Å². The number of nitrogens with one attached hydrogen (secondary N) is 2. The standard InChI is InChI=1S/2C13H9BrN4O2/c2*14-8-5-6-10(19)12(7-8)20-11-4-2-1-3-9(11)13-15-17-18-16-13/h2*1-7,19H,(H,15,16,17,18). The van der Waals surface area contributed by atoms with E-state index in [2.05, 4.69) is 73.1 Å². The third-order valence-electron chi connectivity index (χ3n) is 5.23. The summed E-state index contributed by atoms with van der Waals surface area (Å²) in [6, 6.07) is 24.4. The van der Waals surface area contributed by atoms with E-state index in [4.69, 9.17) is 9.47 Å². The van der Waals surface area contributed by atoms with E-state index in [-0.39, 0.29) is 11.5 Å². The molecule has 0 aliphatic rings. The monoisotopic (exact) mass is 664 g/mol. The molecule has 2 aromatic heterocycles. The Kier molecular flexibility index (Phi) is 8.27. The van der Waals surface area contributed by atoms with Crippen molar-refractivity contribution in [3.05, 3.63) is 93.9 Å². The Balaban J connectivity index is 0.000000161. The number of ether oxygens (including phenoxy) is 2. The van der Waals surface area contributed by atoms with Crippen LogP contribution in [0.4, 0.5) is 0 Å². The number of hydrogen-bond donors (Lipinski definition) is 4. The van der Waals surface area contributed by atoms with Gasteiger partial charge in [0.2, 0.25) is 11.6 Å². The number of H-pyrrole nitrogens is 2. The Bertz CT molecular complexity index is 1590. The summed E-state index contributed by atoms with van der Waals surface area (Å²) in [5.41, 5.74) is 1.36. The second-order valence-corrected chi connectivity index (χ2v) is 9.72. The van der Waals surface area contributed by atoms with Crippen LogP contribution in [0.1, 0.15) is 0 Å². The van der Waals surface area contributed by atoms with Crippen molar-refractivity contribution in [1.82, 2.24) is 41.2 Å². The Hall–Kier alpha value is -4.82. The van der Waals surface area contributed by atoms with Crippen molar-refractivity contribution in [2.45, 2.75) is 0 Å². The minimum Gasteiger partial charge on any atom is -0.504 e. The zero-order chi connectivity index (χ0) is 27.9. The van der Waals surface area contributed by atoms with Gasteiger partial charge in [0.15, 0.2) is 23.0 Å². The van der Waals surface area contributed by atoms with Crippen molar-refractivity contribution in [3.8, 4) is 57.3 Å².